The van der Waals surface area contributed by atoms with Crippen LogP contribution in [0.3, 0.4) is 0 Å². The van der Waals surface area contributed by atoms with E-state index < -0.39 is 0 Å². The lowest BCUT2D eigenvalue weighted by Crippen LogP contribution is -2.26. The summed E-state index contributed by atoms with van der Waals surface area (Å²) in [5.41, 5.74) is 2.45. The Bertz CT molecular complexity index is 1410. The van der Waals surface area contributed by atoms with E-state index in [4.69, 9.17) is 16.6 Å². The number of aromatic nitrogens is 2. The minimum Gasteiger partial charge on any atom is -0.691 e. The summed E-state index contributed by atoms with van der Waals surface area (Å²) in [6.07, 6.45) is 0. The highest BCUT2D eigenvalue weighted by molar-refractivity contribution is 7.94. The van der Waals surface area contributed by atoms with Crippen molar-refractivity contribution in [1.29, 1.82) is 0 Å². The molecular formula is C22H18ClN3O3S3. The Kier molecular flexibility index (Phi) is 7.59. The zero-order valence-electron chi connectivity index (χ0n) is 17.1. The average molecular weight is 504 g/mol. The molecule has 2 heterocycles. The lowest BCUT2D eigenvalue weighted by atomic mass is 10.3. The number of para-hydroxylation sites is 2. The number of aryl methyl sites for hydroxylation is 2. The van der Waals surface area contributed by atoms with Gasteiger partial charge in [0, 0.05) is 22.0 Å². The summed E-state index contributed by atoms with van der Waals surface area (Å²) in [5.74, 6) is 0. The molecule has 10 heteroatoms. The third-order valence-corrected chi connectivity index (χ3v) is 7.66. The van der Waals surface area contributed by atoms with Gasteiger partial charge in [0.1, 0.15) is 5.52 Å². The van der Waals surface area contributed by atoms with E-state index in [1.165, 1.54) is 20.4 Å². The molecular weight excluding hydrogens is 486 g/mol. The molecule has 5 aromatic rings. The predicted octanol–water partition coefficient (Wildman–Crippen LogP) is 5.08. The normalized spacial score (nSPS) is 11.7. The first-order valence-electron chi connectivity index (χ1n) is 9.42. The number of rotatable bonds is 4. The van der Waals surface area contributed by atoms with Gasteiger partial charge in [0.15, 0.2) is 0 Å². The molecule has 0 amide bonds. The number of hydrogen-bond acceptors (Lipinski definition) is 7. The molecule has 32 heavy (non-hydrogen) atoms. The van der Waals surface area contributed by atoms with Crippen LogP contribution in [0, 0.1) is 0 Å². The maximum Gasteiger partial charge on any atom is 0.386 e. The lowest BCUT2D eigenvalue weighted by molar-refractivity contribution is -0.777. The van der Waals surface area contributed by atoms with Crippen molar-refractivity contribution in [2.75, 3.05) is 0 Å². The summed E-state index contributed by atoms with van der Waals surface area (Å²) in [6.45, 7) is 0. The molecule has 164 valence electrons. The fraction of sp³-hybridized carbons (Fsp3) is 0.0909. The Morgan fingerprint density at radius 1 is 0.969 bits per heavy atom. The molecule has 0 saturated heterocycles. The van der Waals surface area contributed by atoms with E-state index in [-0.39, 0.29) is 0 Å². The monoisotopic (exact) mass is 503 g/mol. The molecule has 0 aliphatic heterocycles. The van der Waals surface area contributed by atoms with E-state index in [9.17, 15) is 5.26 Å². The largest absolute Gasteiger partial charge is 0.691 e. The Morgan fingerprint density at radius 2 is 1.66 bits per heavy atom. The van der Waals surface area contributed by atoms with Crippen molar-refractivity contribution >= 4 is 71.9 Å². The van der Waals surface area contributed by atoms with Gasteiger partial charge >= 0.3 is 9.93 Å². The summed E-state index contributed by atoms with van der Waals surface area (Å²) in [7, 11) is 4.15. The molecule has 5 rings (SSSR count). The second kappa shape index (κ2) is 10.6. The maximum atomic E-state index is 9.40. The van der Waals surface area contributed by atoms with Crippen LogP contribution in [-0.4, -0.2) is 4.57 Å². The van der Waals surface area contributed by atoms with Crippen LogP contribution in [0.4, 0.5) is 5.13 Å². The molecule has 0 fully saturated rings. The average Bonchev–Trinajstić information content (AvgIpc) is 3.31. The van der Waals surface area contributed by atoms with Gasteiger partial charge < -0.3 is 5.26 Å². The first-order valence-corrected chi connectivity index (χ1v) is 12.2. The third kappa shape index (κ3) is 5.21. The van der Waals surface area contributed by atoms with Crippen LogP contribution in [0.2, 0.25) is 5.02 Å². The van der Waals surface area contributed by atoms with Crippen LogP contribution in [0.15, 0.2) is 82.7 Å². The first-order chi connectivity index (χ1) is 15.6. The van der Waals surface area contributed by atoms with Crippen molar-refractivity contribution in [2.45, 2.75) is 4.90 Å². The highest BCUT2D eigenvalue weighted by Crippen LogP contribution is 2.25. The van der Waals surface area contributed by atoms with Crippen LogP contribution in [0.5, 0.6) is 0 Å². The Balaban J connectivity index is 0.000000189. The quantitative estimate of drug-likeness (QED) is 0.148. The number of halogens is 1. The molecule has 0 aliphatic carbocycles. The minimum atomic E-state index is 0.636. The second-order valence-corrected chi connectivity index (χ2v) is 9.84. The fourth-order valence-electron chi connectivity index (χ4n) is 3.00. The van der Waals surface area contributed by atoms with Crippen LogP contribution < -0.4 is 14.6 Å². The molecule has 0 spiro atoms. The topological polar surface area (TPSA) is 62.7 Å². The van der Waals surface area contributed by atoms with E-state index in [1.54, 1.807) is 46.9 Å². The van der Waals surface area contributed by atoms with Crippen molar-refractivity contribution in [3.63, 3.8) is 0 Å². The van der Waals surface area contributed by atoms with E-state index in [0.29, 0.717) is 5.02 Å². The molecule has 2 aromatic heterocycles. The maximum absolute atomic E-state index is 9.40. The smallest absolute Gasteiger partial charge is 0.386 e. The van der Waals surface area contributed by atoms with Gasteiger partial charge in [0.05, 0.1) is 34.0 Å². The molecule has 0 unspecified atom stereocenters. The van der Waals surface area contributed by atoms with Crippen molar-refractivity contribution in [3.05, 3.63) is 82.6 Å². The van der Waals surface area contributed by atoms with Gasteiger partial charge in [-0.1, -0.05) is 47.2 Å². The Morgan fingerprint density at radius 3 is 2.34 bits per heavy atom. The van der Waals surface area contributed by atoms with Crippen molar-refractivity contribution in [3.8, 4) is 0 Å². The summed E-state index contributed by atoms with van der Waals surface area (Å²) < 4.78 is 10.9. The van der Waals surface area contributed by atoms with Crippen LogP contribution >= 0.6 is 46.3 Å². The third-order valence-electron chi connectivity index (χ3n) is 4.59. The van der Waals surface area contributed by atoms with E-state index in [1.807, 2.05) is 0 Å². The van der Waals surface area contributed by atoms with E-state index in [2.05, 4.69) is 81.1 Å². The fourth-order valence-corrected chi connectivity index (χ4v) is 5.58. The number of hydrogen-bond donors (Lipinski definition) is 0. The van der Waals surface area contributed by atoms with Gasteiger partial charge in [-0.25, -0.2) is 4.57 Å². The van der Waals surface area contributed by atoms with E-state index >= 15 is 0 Å². The molecule has 0 bridgehead atoms. The van der Waals surface area contributed by atoms with Crippen LogP contribution in [0.1, 0.15) is 0 Å². The first kappa shape index (κ1) is 22.9. The minimum absolute atomic E-state index is 0.636. The molecule has 3 aromatic carbocycles. The highest BCUT2D eigenvalue weighted by atomic mass is 35.5. The van der Waals surface area contributed by atoms with Crippen molar-refractivity contribution < 1.29 is 19.2 Å². The number of benzene rings is 3. The number of fused-ring (bicyclic) bond motifs is 2. The second-order valence-electron chi connectivity index (χ2n) is 6.61. The Hall–Kier alpha value is -2.24. The van der Waals surface area contributed by atoms with Gasteiger partial charge in [0.2, 0.25) is 0 Å². The van der Waals surface area contributed by atoms with Gasteiger partial charge in [-0.2, -0.15) is 4.33 Å². The summed E-state index contributed by atoms with van der Waals surface area (Å²) in [4.78, 5) is 6.66. The zero-order valence-corrected chi connectivity index (χ0v) is 20.3. The molecule has 0 saturated carbocycles. The number of nitrogens with zero attached hydrogens (tertiary/aromatic N) is 3. The zero-order chi connectivity index (χ0) is 22.5. The SMILES string of the molecule is Cn1c(=Nc2sc3ccccc3[n+]2C)sc2ccccc21.[O-]OOSc1ccc(Cl)cc1. The molecule has 6 nitrogen and oxygen atoms in total. The lowest BCUT2D eigenvalue weighted by Gasteiger charge is -2.02. The molecule has 0 radical (unpaired) electrons. The van der Waals surface area contributed by atoms with Crippen LogP contribution in [0.25, 0.3) is 20.4 Å². The molecule has 0 N–H and O–H groups in total. The molecule has 0 atom stereocenters. The van der Waals surface area contributed by atoms with Crippen molar-refractivity contribution in [2.24, 2.45) is 19.1 Å². The van der Waals surface area contributed by atoms with Gasteiger partial charge in [-0.05, 0) is 59.9 Å². The Labute approximate surface area is 201 Å². The molecule has 0 aliphatic rings. The highest BCUT2D eigenvalue weighted by Gasteiger charge is 2.16. The summed E-state index contributed by atoms with van der Waals surface area (Å²) >= 11 is 9.89. The van der Waals surface area contributed by atoms with Crippen LogP contribution in [-0.2, 0) is 23.5 Å². The van der Waals surface area contributed by atoms with Gasteiger partial charge in [-0.15, -0.1) is 0 Å². The van der Waals surface area contributed by atoms with Gasteiger partial charge in [-0.3, -0.25) is 9.61 Å². The number of thiazole rings is 2. The summed E-state index contributed by atoms with van der Waals surface area (Å²) in [6, 6.07) is 23.6. The van der Waals surface area contributed by atoms with Crippen molar-refractivity contribution in [1.82, 2.24) is 4.57 Å². The standard InChI is InChI=1S/C16H14N3S2.C6H5ClO3S/c1-18-11-7-3-5-9-13(11)20-15(18)17-16-19(2)12-8-4-6-10-14(12)21-16;7-5-1-3-6(4-2-5)11-10-9-8/h3-10H,1-2H3;1-4,8H/q+1;/p-1. The van der Waals surface area contributed by atoms with Gasteiger partial charge in [0.25, 0.3) is 0 Å². The summed E-state index contributed by atoms with van der Waals surface area (Å²) in [5, 5.41) is 14.2. The predicted molar refractivity (Wildman–Crippen MR) is 128 cm³/mol. The van der Waals surface area contributed by atoms with E-state index in [0.717, 1.165) is 26.9 Å².